The molecule has 0 unspecified atom stereocenters. The fourth-order valence-corrected chi connectivity index (χ4v) is 0.884. The second kappa shape index (κ2) is 5.49. The minimum Gasteiger partial charge on any atom is -0.482 e. The highest BCUT2D eigenvalue weighted by Crippen LogP contribution is 2.04. The summed E-state index contributed by atoms with van der Waals surface area (Å²) in [6.45, 7) is 0. The van der Waals surface area contributed by atoms with Crippen molar-refractivity contribution in [3.05, 3.63) is 0 Å². The van der Waals surface area contributed by atoms with Crippen LogP contribution in [-0.4, -0.2) is 30.3 Å². The molecule has 0 rings (SSSR count). The molecule has 0 fully saturated rings. The Kier molecular flexibility index (Phi) is 5.33. The molecule has 3 nitrogen and oxygen atoms in total. The van der Waals surface area contributed by atoms with E-state index in [0.29, 0.717) is 4.38 Å². The molecule has 10 heavy (non-hydrogen) atoms. The van der Waals surface area contributed by atoms with E-state index in [9.17, 15) is 4.79 Å². The molecule has 0 N–H and O–H groups in total. The van der Waals surface area contributed by atoms with Gasteiger partial charge in [0.25, 0.3) is 0 Å². The lowest BCUT2D eigenvalue weighted by Crippen LogP contribution is -2.05. The van der Waals surface area contributed by atoms with Gasteiger partial charge < -0.3 is 9.47 Å². The molecular formula is C5H8O3S2. The quantitative estimate of drug-likeness (QED) is 0.464. The summed E-state index contributed by atoms with van der Waals surface area (Å²) in [6, 6.07) is 0. The van der Waals surface area contributed by atoms with E-state index in [4.69, 9.17) is 0 Å². The zero-order valence-electron chi connectivity index (χ0n) is 5.75. The first-order chi connectivity index (χ1) is 4.70. The number of thioether (sulfide) groups is 1. The number of hydrogen-bond donors (Lipinski definition) is 0. The summed E-state index contributed by atoms with van der Waals surface area (Å²) < 4.78 is 9.35. The largest absolute Gasteiger partial charge is 0.482 e. The Hall–Kier alpha value is -0.290. The predicted octanol–water partition coefficient (Wildman–Crippen LogP) is 0.824. The number of thiocarbonyl (C=S) groups is 1. The molecule has 58 valence electrons. The summed E-state index contributed by atoms with van der Waals surface area (Å²) >= 11 is 5.80. The molecule has 0 saturated heterocycles. The first kappa shape index (κ1) is 9.71. The van der Waals surface area contributed by atoms with Gasteiger partial charge in [0.2, 0.25) is 4.38 Å². The van der Waals surface area contributed by atoms with Crippen LogP contribution in [0.3, 0.4) is 0 Å². The molecule has 0 aromatic rings. The van der Waals surface area contributed by atoms with E-state index >= 15 is 0 Å². The van der Waals surface area contributed by atoms with Crippen LogP contribution in [0, 0.1) is 0 Å². The van der Waals surface area contributed by atoms with Crippen molar-refractivity contribution < 1.29 is 14.3 Å². The van der Waals surface area contributed by atoms with E-state index in [-0.39, 0.29) is 11.7 Å². The minimum atomic E-state index is -0.301. The SMILES string of the molecule is COC(=O)CSC(=S)OC. The number of carbonyl (C=O) groups excluding carboxylic acids is 1. The zero-order chi connectivity index (χ0) is 7.98. The van der Waals surface area contributed by atoms with Crippen molar-refractivity contribution in [2.24, 2.45) is 0 Å². The fraction of sp³-hybridized carbons (Fsp3) is 0.600. The molecule has 0 amide bonds. The summed E-state index contributed by atoms with van der Waals surface area (Å²) in [5.41, 5.74) is 0. The van der Waals surface area contributed by atoms with Crippen LogP contribution in [0.5, 0.6) is 0 Å². The number of hydrogen-bond acceptors (Lipinski definition) is 5. The van der Waals surface area contributed by atoms with Gasteiger partial charge in [0.05, 0.1) is 20.0 Å². The summed E-state index contributed by atoms with van der Waals surface area (Å²) in [5.74, 6) is -0.0900. The van der Waals surface area contributed by atoms with Crippen LogP contribution in [0.1, 0.15) is 0 Å². The molecule has 0 aromatic heterocycles. The molecule has 0 radical (unpaired) electrons. The first-order valence-electron chi connectivity index (χ1n) is 2.48. The van der Waals surface area contributed by atoms with Gasteiger partial charge in [-0.05, 0) is 12.2 Å². The Labute approximate surface area is 69.1 Å². The van der Waals surface area contributed by atoms with E-state index in [1.807, 2.05) is 0 Å². The number of rotatable bonds is 2. The third-order valence-corrected chi connectivity index (χ3v) is 2.00. The molecule has 0 saturated carbocycles. The number of carbonyl (C=O) groups is 1. The van der Waals surface area contributed by atoms with Gasteiger partial charge in [0.1, 0.15) is 0 Å². The Morgan fingerprint density at radius 3 is 2.50 bits per heavy atom. The van der Waals surface area contributed by atoms with E-state index < -0.39 is 0 Å². The van der Waals surface area contributed by atoms with Gasteiger partial charge in [-0.25, -0.2) is 0 Å². The molecule has 0 heterocycles. The van der Waals surface area contributed by atoms with Crippen LogP contribution < -0.4 is 0 Å². The van der Waals surface area contributed by atoms with Crippen molar-refractivity contribution in [1.29, 1.82) is 0 Å². The normalized spacial score (nSPS) is 8.60. The molecular weight excluding hydrogens is 172 g/mol. The molecule has 0 aliphatic heterocycles. The van der Waals surface area contributed by atoms with Gasteiger partial charge in [0.15, 0.2) is 0 Å². The van der Waals surface area contributed by atoms with Crippen molar-refractivity contribution in [3.8, 4) is 0 Å². The molecule has 0 atom stereocenters. The summed E-state index contributed by atoms with van der Waals surface area (Å²) in [4.78, 5) is 10.5. The molecule has 5 heteroatoms. The summed E-state index contributed by atoms with van der Waals surface area (Å²) in [5, 5.41) is 0. The molecule has 0 aromatic carbocycles. The Balaban J connectivity index is 3.35. The Morgan fingerprint density at radius 1 is 1.50 bits per heavy atom. The number of methoxy groups -OCH3 is 2. The number of esters is 1. The monoisotopic (exact) mass is 180 g/mol. The smallest absolute Gasteiger partial charge is 0.316 e. The van der Waals surface area contributed by atoms with Gasteiger partial charge in [-0.15, -0.1) is 0 Å². The van der Waals surface area contributed by atoms with Gasteiger partial charge in [0, 0.05) is 0 Å². The van der Waals surface area contributed by atoms with Gasteiger partial charge in [-0.1, -0.05) is 11.8 Å². The highest BCUT2D eigenvalue weighted by Gasteiger charge is 2.02. The fourth-order valence-electron chi connectivity index (χ4n) is 0.236. The zero-order valence-corrected chi connectivity index (χ0v) is 7.38. The lowest BCUT2D eigenvalue weighted by molar-refractivity contribution is -0.137. The van der Waals surface area contributed by atoms with E-state index in [1.54, 1.807) is 0 Å². The second-order valence-electron chi connectivity index (χ2n) is 1.32. The molecule has 0 spiro atoms. The van der Waals surface area contributed by atoms with E-state index in [0.717, 1.165) is 11.8 Å². The van der Waals surface area contributed by atoms with Gasteiger partial charge in [-0.3, -0.25) is 4.79 Å². The summed E-state index contributed by atoms with van der Waals surface area (Å²) in [6.07, 6.45) is 0. The van der Waals surface area contributed by atoms with Gasteiger partial charge in [-0.2, -0.15) is 0 Å². The van der Waals surface area contributed by atoms with Crippen molar-refractivity contribution >= 4 is 34.3 Å². The molecule has 0 aliphatic carbocycles. The number of ether oxygens (including phenoxy) is 2. The lowest BCUT2D eigenvalue weighted by Gasteiger charge is -1.98. The molecule has 0 aliphatic rings. The van der Waals surface area contributed by atoms with Crippen LogP contribution in [0.25, 0.3) is 0 Å². The third-order valence-electron chi connectivity index (χ3n) is 0.702. The van der Waals surface area contributed by atoms with Crippen molar-refractivity contribution in [1.82, 2.24) is 0 Å². The van der Waals surface area contributed by atoms with Crippen LogP contribution in [0.15, 0.2) is 0 Å². The minimum absolute atomic E-state index is 0.211. The topological polar surface area (TPSA) is 35.5 Å². The maximum atomic E-state index is 10.5. The van der Waals surface area contributed by atoms with Crippen LogP contribution in [0.4, 0.5) is 0 Å². The van der Waals surface area contributed by atoms with Crippen LogP contribution in [0.2, 0.25) is 0 Å². The van der Waals surface area contributed by atoms with Crippen molar-refractivity contribution in [2.75, 3.05) is 20.0 Å². The van der Waals surface area contributed by atoms with Gasteiger partial charge >= 0.3 is 5.97 Å². The van der Waals surface area contributed by atoms with Crippen molar-refractivity contribution in [3.63, 3.8) is 0 Å². The first-order valence-corrected chi connectivity index (χ1v) is 3.87. The lowest BCUT2D eigenvalue weighted by atomic mass is 10.8. The maximum absolute atomic E-state index is 10.5. The average molecular weight is 180 g/mol. The van der Waals surface area contributed by atoms with Crippen LogP contribution >= 0.6 is 24.0 Å². The predicted molar refractivity (Wildman–Crippen MR) is 44.1 cm³/mol. The average Bonchev–Trinajstić information content (AvgIpc) is 1.99. The Bertz CT molecular complexity index is 119. The van der Waals surface area contributed by atoms with E-state index in [1.165, 1.54) is 14.2 Å². The van der Waals surface area contributed by atoms with Crippen molar-refractivity contribution in [2.45, 2.75) is 0 Å². The van der Waals surface area contributed by atoms with Crippen LogP contribution in [-0.2, 0) is 14.3 Å². The standard InChI is InChI=1S/C5H8O3S2/c1-7-4(6)3-10-5(9)8-2/h3H2,1-2H3. The maximum Gasteiger partial charge on any atom is 0.316 e. The second-order valence-corrected chi connectivity index (χ2v) is 2.90. The Morgan fingerprint density at radius 2 is 2.10 bits per heavy atom. The third kappa shape index (κ3) is 4.58. The highest BCUT2D eigenvalue weighted by atomic mass is 32.2. The summed E-state index contributed by atoms with van der Waals surface area (Å²) in [7, 11) is 2.80. The molecule has 0 bridgehead atoms. The van der Waals surface area contributed by atoms with E-state index in [2.05, 4.69) is 21.7 Å². The highest BCUT2D eigenvalue weighted by molar-refractivity contribution is 8.23.